The van der Waals surface area contributed by atoms with Crippen LogP contribution in [0.2, 0.25) is 5.54 Å². The van der Waals surface area contributed by atoms with Gasteiger partial charge in [-0.25, -0.2) is 0 Å². The van der Waals surface area contributed by atoms with Crippen molar-refractivity contribution in [1.29, 1.82) is 0 Å². The SMILES string of the molecule is Cc1c2c3c(-c4cc(C(C)C)cc(C(C)C)c4)c4c1=[SiH]C(CC(C)C)C=4C23. The average molecular weight is 373 g/mol. The van der Waals surface area contributed by atoms with E-state index in [2.05, 4.69) is 66.7 Å². The molecule has 0 saturated heterocycles. The van der Waals surface area contributed by atoms with Crippen LogP contribution in [0.15, 0.2) is 18.2 Å². The van der Waals surface area contributed by atoms with E-state index in [0.717, 1.165) is 17.4 Å². The van der Waals surface area contributed by atoms with Crippen molar-refractivity contribution in [2.75, 3.05) is 0 Å². The molecule has 1 heterocycles. The summed E-state index contributed by atoms with van der Waals surface area (Å²) < 4.78 is 0. The van der Waals surface area contributed by atoms with Gasteiger partial charge >= 0.3 is 0 Å². The molecule has 0 fully saturated rings. The molecule has 2 aromatic carbocycles. The molecule has 0 radical (unpaired) electrons. The molecule has 0 spiro atoms. The van der Waals surface area contributed by atoms with E-state index in [4.69, 9.17) is 0 Å². The van der Waals surface area contributed by atoms with Crippen molar-refractivity contribution in [3.8, 4) is 11.1 Å². The van der Waals surface area contributed by atoms with Crippen molar-refractivity contribution >= 4 is 14.7 Å². The molecule has 1 heteroatoms. The van der Waals surface area contributed by atoms with Gasteiger partial charge in [0.15, 0.2) is 0 Å². The van der Waals surface area contributed by atoms with E-state index in [-0.39, 0.29) is 0 Å². The Hall–Kier alpha value is -1.47. The van der Waals surface area contributed by atoms with Gasteiger partial charge in [-0.1, -0.05) is 59.7 Å². The molecule has 0 N–H and O–H groups in total. The third-order valence-corrected chi connectivity index (χ3v) is 9.16. The van der Waals surface area contributed by atoms with Crippen LogP contribution in [0.1, 0.15) is 93.5 Å². The summed E-state index contributed by atoms with van der Waals surface area (Å²) in [6.45, 7) is 16.5. The van der Waals surface area contributed by atoms with Gasteiger partial charge in [0, 0.05) is 15.0 Å². The summed E-state index contributed by atoms with van der Waals surface area (Å²) in [6.07, 6.45) is 1.39. The monoisotopic (exact) mass is 372 g/mol. The molecule has 6 bridgehead atoms. The van der Waals surface area contributed by atoms with E-state index in [1.54, 1.807) is 32.3 Å². The second kappa shape index (κ2) is 5.77. The fourth-order valence-electron chi connectivity index (χ4n) is 5.67. The maximum Gasteiger partial charge on any atom is 0.0326 e. The summed E-state index contributed by atoms with van der Waals surface area (Å²) in [5, 5.41) is 1.72. The molecule has 0 amide bonds. The van der Waals surface area contributed by atoms with Gasteiger partial charge in [-0.3, -0.25) is 0 Å². The van der Waals surface area contributed by atoms with Gasteiger partial charge in [0.2, 0.25) is 0 Å². The Morgan fingerprint density at radius 3 is 2.07 bits per heavy atom. The van der Waals surface area contributed by atoms with Gasteiger partial charge in [0.1, 0.15) is 0 Å². The average Bonchev–Trinajstić information content (AvgIpc) is 3.11. The molecule has 2 unspecified atom stereocenters. The van der Waals surface area contributed by atoms with Crippen LogP contribution in [0, 0.1) is 17.7 Å². The van der Waals surface area contributed by atoms with Crippen molar-refractivity contribution in [1.82, 2.24) is 0 Å². The lowest BCUT2D eigenvalue weighted by Gasteiger charge is -2.16. The molecule has 140 valence electrons. The molecule has 0 nitrogen and oxygen atoms in total. The third kappa shape index (κ3) is 2.37. The zero-order valence-electron chi connectivity index (χ0n) is 17.9. The lowest BCUT2D eigenvalue weighted by molar-refractivity contribution is 0.595. The lowest BCUT2D eigenvalue weighted by Crippen LogP contribution is -2.12. The van der Waals surface area contributed by atoms with Gasteiger partial charge in [-0.15, -0.1) is 0 Å². The van der Waals surface area contributed by atoms with Crippen LogP contribution in [0.5, 0.6) is 0 Å². The van der Waals surface area contributed by atoms with E-state index >= 15 is 0 Å². The van der Waals surface area contributed by atoms with Crippen LogP contribution >= 0.6 is 0 Å². The Labute approximate surface area is 166 Å². The molecule has 1 aliphatic heterocycles. The molecule has 6 rings (SSSR count). The molecule has 4 aliphatic rings. The van der Waals surface area contributed by atoms with Gasteiger partial charge < -0.3 is 0 Å². The fourth-order valence-corrected chi connectivity index (χ4v) is 8.17. The Morgan fingerprint density at radius 2 is 1.52 bits per heavy atom. The highest BCUT2D eigenvalue weighted by Gasteiger charge is 2.50. The normalized spacial score (nSPS) is 21.0. The Bertz CT molecular complexity index is 1070. The summed E-state index contributed by atoms with van der Waals surface area (Å²) in [6, 6.07) is 7.45. The number of rotatable bonds is 5. The maximum atomic E-state index is 2.51. The second-order valence-electron chi connectivity index (χ2n) is 10.1. The van der Waals surface area contributed by atoms with Gasteiger partial charge in [-0.2, -0.15) is 0 Å². The van der Waals surface area contributed by atoms with Crippen LogP contribution in [0.3, 0.4) is 0 Å². The molecule has 2 atom stereocenters. The second-order valence-corrected chi connectivity index (χ2v) is 11.8. The topological polar surface area (TPSA) is 0 Å². The van der Waals surface area contributed by atoms with E-state index < -0.39 is 0 Å². The summed E-state index contributed by atoms with van der Waals surface area (Å²) >= 11 is 0. The van der Waals surface area contributed by atoms with E-state index in [1.165, 1.54) is 23.1 Å². The van der Waals surface area contributed by atoms with Crippen LogP contribution in [-0.2, 0) is 0 Å². The molecule has 2 aromatic rings. The Kier molecular flexibility index (Phi) is 3.76. The minimum atomic E-state index is 0.428. The molecule has 27 heavy (non-hydrogen) atoms. The van der Waals surface area contributed by atoms with Crippen molar-refractivity contribution in [2.45, 2.75) is 78.2 Å². The molecular weight excluding hydrogens is 340 g/mol. The van der Waals surface area contributed by atoms with Crippen LogP contribution in [0.4, 0.5) is 0 Å². The summed E-state index contributed by atoms with van der Waals surface area (Å²) in [5.74, 6) is 2.70. The quantitative estimate of drug-likeness (QED) is 0.560. The highest BCUT2D eigenvalue weighted by molar-refractivity contribution is 6.37. The van der Waals surface area contributed by atoms with Crippen LogP contribution < -0.4 is 5.22 Å². The van der Waals surface area contributed by atoms with Crippen molar-refractivity contribution in [3.05, 3.63) is 56.0 Å². The number of hydrogen-bond acceptors (Lipinski definition) is 0. The smallest absolute Gasteiger partial charge is 0.0326 e. The minimum absolute atomic E-state index is 0.428. The highest BCUT2D eigenvalue weighted by atomic mass is 28.2. The van der Waals surface area contributed by atoms with E-state index in [0.29, 0.717) is 21.0 Å². The summed E-state index contributed by atoms with van der Waals surface area (Å²) in [4.78, 5) is 1.78. The predicted octanol–water partition coefficient (Wildman–Crippen LogP) is 6.05. The van der Waals surface area contributed by atoms with Gasteiger partial charge in [0.25, 0.3) is 0 Å². The zero-order valence-corrected chi connectivity index (χ0v) is 19.1. The van der Waals surface area contributed by atoms with Crippen molar-refractivity contribution in [3.63, 3.8) is 0 Å². The maximum absolute atomic E-state index is 2.51. The fraction of sp³-hybridized carbons (Fsp3) is 0.500. The molecule has 0 aromatic heterocycles. The van der Waals surface area contributed by atoms with Crippen molar-refractivity contribution < 1.29 is 0 Å². The minimum Gasteiger partial charge on any atom is -0.0628 e. The molecule has 3 aliphatic carbocycles. The summed E-state index contributed by atoms with van der Waals surface area (Å²) in [7, 11) is 0.428. The first-order valence-corrected chi connectivity index (χ1v) is 12.1. The first kappa shape index (κ1) is 17.6. The van der Waals surface area contributed by atoms with Crippen LogP contribution in [0.25, 0.3) is 16.7 Å². The molecular formula is C26H32Si. The van der Waals surface area contributed by atoms with Crippen molar-refractivity contribution in [2.24, 2.45) is 5.92 Å². The first-order chi connectivity index (χ1) is 12.8. The summed E-state index contributed by atoms with van der Waals surface area (Å²) in [5.41, 5.74) is 14.0. The van der Waals surface area contributed by atoms with Gasteiger partial charge in [-0.05, 0) is 91.2 Å². The third-order valence-electron chi connectivity index (χ3n) is 7.07. The lowest BCUT2D eigenvalue weighted by atomic mass is 9.89. The number of hydrogen-bond donors (Lipinski definition) is 0. The van der Waals surface area contributed by atoms with E-state index in [1.807, 2.05) is 5.57 Å². The molecule has 0 saturated carbocycles. The number of benzene rings is 2. The van der Waals surface area contributed by atoms with E-state index in [9.17, 15) is 0 Å². The predicted molar refractivity (Wildman–Crippen MR) is 119 cm³/mol. The standard InChI is InChI=1S/C26H32Si/c1-12(2)8-19-22-24-20-15(7)26(27-19)25(22)21(23(20)24)18-10-16(13(3)4)9-17(11-18)14(5)6/h9-14,19,24,27H,8H2,1-7H3. The zero-order chi connectivity index (χ0) is 19.2. The first-order valence-electron chi connectivity index (χ1n) is 10.9. The highest BCUT2D eigenvalue weighted by Crippen LogP contribution is 2.63. The van der Waals surface area contributed by atoms with Crippen LogP contribution in [-0.4, -0.2) is 9.13 Å². The largest absolute Gasteiger partial charge is 0.0628 e. The van der Waals surface area contributed by atoms with Gasteiger partial charge in [0.05, 0.1) is 0 Å². The Morgan fingerprint density at radius 1 is 0.889 bits per heavy atom. The Balaban J connectivity index is 1.75.